The summed E-state index contributed by atoms with van der Waals surface area (Å²) in [5, 5.41) is 3.11. The molecule has 0 saturated carbocycles. The standard InChI is InChI=1S/C18H23N3O2S/c1-23-16-7-3-14(4-8-16)11-12-20-18(19)21-13-15-5-9-17(10-6-15)24(2)22/h3-10H,11-13H2,1-2H3,(H3,19,20,21). The third-order valence-corrected chi connectivity index (χ3v) is 4.50. The molecule has 0 fully saturated rings. The number of ether oxygens (including phenoxy) is 1. The lowest BCUT2D eigenvalue weighted by Crippen LogP contribution is -2.33. The molecule has 24 heavy (non-hydrogen) atoms. The van der Waals surface area contributed by atoms with E-state index in [-0.39, 0.29) is 0 Å². The Morgan fingerprint density at radius 1 is 1.12 bits per heavy atom. The molecule has 0 aliphatic heterocycles. The van der Waals surface area contributed by atoms with Gasteiger partial charge in [-0.05, 0) is 41.8 Å². The van der Waals surface area contributed by atoms with Gasteiger partial charge in [0, 0.05) is 28.5 Å². The lowest BCUT2D eigenvalue weighted by molar-refractivity contribution is 0.414. The van der Waals surface area contributed by atoms with E-state index in [4.69, 9.17) is 10.5 Å². The van der Waals surface area contributed by atoms with E-state index in [2.05, 4.69) is 10.3 Å². The second-order valence-electron chi connectivity index (χ2n) is 5.32. The minimum atomic E-state index is -0.955. The SMILES string of the molecule is COc1ccc(CCNC(N)=NCc2ccc(S(C)=O)cc2)cc1. The number of methoxy groups -OCH3 is 1. The highest BCUT2D eigenvalue weighted by Crippen LogP contribution is 2.11. The van der Waals surface area contributed by atoms with Gasteiger partial charge in [-0.3, -0.25) is 4.21 Å². The van der Waals surface area contributed by atoms with Crippen LogP contribution in [0, 0.1) is 0 Å². The molecule has 0 saturated heterocycles. The maximum atomic E-state index is 11.3. The van der Waals surface area contributed by atoms with E-state index in [0.29, 0.717) is 12.5 Å². The molecule has 0 amide bonds. The highest BCUT2D eigenvalue weighted by Gasteiger charge is 1.99. The second kappa shape index (κ2) is 9.08. The third-order valence-electron chi connectivity index (χ3n) is 3.57. The van der Waals surface area contributed by atoms with Gasteiger partial charge in [-0.15, -0.1) is 0 Å². The monoisotopic (exact) mass is 345 g/mol. The van der Waals surface area contributed by atoms with Gasteiger partial charge in [-0.1, -0.05) is 24.3 Å². The normalized spacial score (nSPS) is 12.7. The summed E-state index contributed by atoms with van der Waals surface area (Å²) < 4.78 is 16.5. The lowest BCUT2D eigenvalue weighted by Gasteiger charge is -2.07. The molecule has 0 radical (unpaired) electrons. The Bertz CT molecular complexity index is 697. The van der Waals surface area contributed by atoms with Gasteiger partial charge < -0.3 is 15.8 Å². The van der Waals surface area contributed by atoms with E-state index in [1.807, 2.05) is 48.5 Å². The van der Waals surface area contributed by atoms with Gasteiger partial charge in [0.1, 0.15) is 5.75 Å². The fourth-order valence-electron chi connectivity index (χ4n) is 2.15. The molecule has 6 heteroatoms. The van der Waals surface area contributed by atoms with Crippen molar-refractivity contribution in [2.24, 2.45) is 10.7 Å². The van der Waals surface area contributed by atoms with Crippen molar-refractivity contribution in [3.63, 3.8) is 0 Å². The molecule has 0 aliphatic carbocycles. The number of hydrogen-bond donors (Lipinski definition) is 2. The molecule has 1 unspecified atom stereocenters. The van der Waals surface area contributed by atoms with Gasteiger partial charge in [0.05, 0.1) is 13.7 Å². The number of nitrogens with one attached hydrogen (secondary N) is 1. The topological polar surface area (TPSA) is 76.7 Å². The largest absolute Gasteiger partial charge is 0.497 e. The fourth-order valence-corrected chi connectivity index (χ4v) is 2.67. The molecule has 5 nitrogen and oxygen atoms in total. The molecule has 3 N–H and O–H groups in total. The number of guanidine groups is 1. The van der Waals surface area contributed by atoms with Crippen LogP contribution in [0.3, 0.4) is 0 Å². The predicted octanol–water partition coefficient (Wildman–Crippen LogP) is 2.08. The summed E-state index contributed by atoms with van der Waals surface area (Å²) in [7, 11) is 0.700. The molecule has 2 aromatic carbocycles. The van der Waals surface area contributed by atoms with Gasteiger partial charge in [-0.2, -0.15) is 0 Å². The van der Waals surface area contributed by atoms with Crippen molar-refractivity contribution >= 4 is 16.8 Å². The molecule has 0 heterocycles. The van der Waals surface area contributed by atoms with E-state index >= 15 is 0 Å². The summed E-state index contributed by atoms with van der Waals surface area (Å²) in [6.45, 7) is 1.22. The van der Waals surface area contributed by atoms with E-state index in [1.165, 1.54) is 5.56 Å². The van der Waals surface area contributed by atoms with E-state index in [0.717, 1.165) is 29.2 Å². The van der Waals surface area contributed by atoms with Crippen LogP contribution in [-0.4, -0.2) is 30.1 Å². The summed E-state index contributed by atoms with van der Waals surface area (Å²) in [6, 6.07) is 15.5. The average molecular weight is 345 g/mol. The van der Waals surface area contributed by atoms with Crippen molar-refractivity contribution in [2.75, 3.05) is 19.9 Å². The molecule has 1 atom stereocenters. The maximum Gasteiger partial charge on any atom is 0.188 e. The predicted molar refractivity (Wildman–Crippen MR) is 98.8 cm³/mol. The first-order valence-electron chi connectivity index (χ1n) is 7.67. The number of rotatable bonds is 7. The Kier molecular flexibility index (Phi) is 6.81. The highest BCUT2D eigenvalue weighted by molar-refractivity contribution is 7.84. The number of nitrogens with zero attached hydrogens (tertiary/aromatic N) is 1. The van der Waals surface area contributed by atoms with Crippen molar-refractivity contribution in [3.05, 3.63) is 59.7 Å². The quantitative estimate of drug-likeness (QED) is 0.595. The molecule has 2 rings (SSSR count). The fraction of sp³-hybridized carbons (Fsp3) is 0.278. The van der Waals surface area contributed by atoms with Crippen LogP contribution in [0.5, 0.6) is 5.75 Å². The molecule has 0 bridgehead atoms. The Morgan fingerprint density at radius 3 is 2.33 bits per heavy atom. The number of hydrogen-bond acceptors (Lipinski definition) is 3. The van der Waals surface area contributed by atoms with Crippen LogP contribution in [0.1, 0.15) is 11.1 Å². The van der Waals surface area contributed by atoms with Gasteiger partial charge >= 0.3 is 0 Å². The molecule has 0 spiro atoms. The van der Waals surface area contributed by atoms with Crippen molar-refractivity contribution in [3.8, 4) is 5.75 Å². The number of aliphatic imine (C=N–C) groups is 1. The van der Waals surface area contributed by atoms with Crippen LogP contribution < -0.4 is 15.8 Å². The molecular formula is C18H23N3O2S. The lowest BCUT2D eigenvalue weighted by atomic mass is 10.1. The summed E-state index contributed by atoms with van der Waals surface area (Å²) in [4.78, 5) is 5.13. The van der Waals surface area contributed by atoms with Crippen molar-refractivity contribution in [1.82, 2.24) is 5.32 Å². The Labute approximate surface area is 145 Å². The van der Waals surface area contributed by atoms with Crippen molar-refractivity contribution < 1.29 is 8.95 Å². The summed E-state index contributed by atoms with van der Waals surface area (Å²) >= 11 is 0. The van der Waals surface area contributed by atoms with Crippen LogP contribution in [0.25, 0.3) is 0 Å². The second-order valence-corrected chi connectivity index (χ2v) is 6.70. The van der Waals surface area contributed by atoms with Crippen molar-refractivity contribution in [2.45, 2.75) is 17.9 Å². The minimum absolute atomic E-state index is 0.423. The van der Waals surface area contributed by atoms with Gasteiger partial charge in [-0.25, -0.2) is 4.99 Å². The Balaban J connectivity index is 1.77. The van der Waals surface area contributed by atoms with Gasteiger partial charge in [0.2, 0.25) is 0 Å². The summed E-state index contributed by atoms with van der Waals surface area (Å²) in [5.41, 5.74) is 8.12. The Hall–Kier alpha value is -2.34. The van der Waals surface area contributed by atoms with E-state index in [9.17, 15) is 4.21 Å². The molecule has 128 valence electrons. The number of benzene rings is 2. The number of nitrogens with two attached hydrogens (primary N) is 1. The zero-order valence-electron chi connectivity index (χ0n) is 14.0. The zero-order valence-corrected chi connectivity index (χ0v) is 14.8. The molecular weight excluding hydrogens is 322 g/mol. The van der Waals surface area contributed by atoms with Crippen LogP contribution in [0.4, 0.5) is 0 Å². The molecule has 0 aromatic heterocycles. The maximum absolute atomic E-state index is 11.3. The first-order chi connectivity index (χ1) is 11.6. The van der Waals surface area contributed by atoms with Gasteiger partial charge in [0.25, 0.3) is 0 Å². The Morgan fingerprint density at radius 2 is 1.75 bits per heavy atom. The molecule has 0 aliphatic rings. The van der Waals surface area contributed by atoms with Crippen molar-refractivity contribution in [1.29, 1.82) is 0 Å². The third kappa shape index (κ3) is 5.70. The van der Waals surface area contributed by atoms with E-state index < -0.39 is 10.8 Å². The molecule has 2 aromatic rings. The zero-order chi connectivity index (χ0) is 17.4. The van der Waals surface area contributed by atoms with E-state index in [1.54, 1.807) is 13.4 Å². The van der Waals surface area contributed by atoms with Crippen LogP contribution in [-0.2, 0) is 23.8 Å². The first-order valence-corrected chi connectivity index (χ1v) is 9.23. The average Bonchev–Trinajstić information content (AvgIpc) is 2.61. The summed E-state index contributed by atoms with van der Waals surface area (Å²) in [5.74, 6) is 1.28. The van der Waals surface area contributed by atoms with Crippen LogP contribution in [0.2, 0.25) is 0 Å². The summed E-state index contributed by atoms with van der Waals surface area (Å²) in [6.07, 6.45) is 2.52. The smallest absolute Gasteiger partial charge is 0.188 e. The van der Waals surface area contributed by atoms with Gasteiger partial charge in [0.15, 0.2) is 5.96 Å². The van der Waals surface area contributed by atoms with Crippen LogP contribution in [0.15, 0.2) is 58.4 Å². The first kappa shape index (κ1) is 18.0. The minimum Gasteiger partial charge on any atom is -0.497 e. The highest BCUT2D eigenvalue weighted by atomic mass is 32.2. The van der Waals surface area contributed by atoms with Crippen LogP contribution >= 0.6 is 0 Å².